The molecule has 0 aliphatic carbocycles. The summed E-state index contributed by atoms with van der Waals surface area (Å²) in [7, 11) is 1.60. The Morgan fingerprint density at radius 1 is 0.971 bits per heavy atom. The quantitative estimate of drug-likeness (QED) is 0.236. The number of methoxy groups -OCH3 is 1. The Kier molecular flexibility index (Phi) is 6.22. The van der Waals surface area contributed by atoms with E-state index in [1.165, 1.54) is 0 Å². The van der Waals surface area contributed by atoms with E-state index in [4.69, 9.17) is 9.47 Å². The molecule has 0 fully saturated rings. The van der Waals surface area contributed by atoms with Gasteiger partial charge in [0.15, 0.2) is 5.16 Å². The van der Waals surface area contributed by atoms with Gasteiger partial charge in [0, 0.05) is 5.75 Å². The van der Waals surface area contributed by atoms with Crippen LogP contribution in [0.4, 0.5) is 0 Å². The Hall–Kier alpha value is -3.78. The first-order valence-electron chi connectivity index (χ1n) is 11.0. The number of benzene rings is 3. The molecule has 2 heterocycles. The summed E-state index contributed by atoms with van der Waals surface area (Å²) in [5.74, 6) is 2.72. The van der Waals surface area contributed by atoms with Gasteiger partial charge in [-0.25, -0.2) is 4.57 Å². The number of rotatable bonds is 8. The first-order valence-corrected chi connectivity index (χ1v) is 12.0. The molecule has 0 aliphatic rings. The Balaban J connectivity index is 1.52. The maximum atomic E-state index is 13.6. The van der Waals surface area contributed by atoms with E-state index in [2.05, 4.69) is 10.2 Å². The van der Waals surface area contributed by atoms with Crippen LogP contribution >= 0.6 is 11.8 Å². The van der Waals surface area contributed by atoms with Crippen LogP contribution in [0, 0.1) is 6.92 Å². The number of aryl methyl sites for hydroxylation is 1. The number of fused-ring (bicyclic) bond motifs is 3. The lowest BCUT2D eigenvalue weighted by Crippen LogP contribution is -2.22. The highest BCUT2D eigenvalue weighted by atomic mass is 32.2. The fraction of sp³-hybridized carbons (Fsp3) is 0.192. The molecule has 2 aromatic heterocycles. The molecule has 0 atom stereocenters. The molecule has 0 aliphatic heterocycles. The van der Waals surface area contributed by atoms with Gasteiger partial charge in [-0.3, -0.25) is 9.20 Å². The van der Waals surface area contributed by atoms with E-state index in [1.54, 1.807) is 23.4 Å². The van der Waals surface area contributed by atoms with E-state index in [9.17, 15) is 4.79 Å². The minimum absolute atomic E-state index is 0.160. The Morgan fingerprint density at radius 2 is 1.76 bits per heavy atom. The molecule has 0 saturated carbocycles. The summed E-state index contributed by atoms with van der Waals surface area (Å²) in [6.45, 7) is 2.59. The van der Waals surface area contributed by atoms with Gasteiger partial charge >= 0.3 is 0 Å². The molecule has 172 valence electrons. The molecule has 0 radical (unpaired) electrons. The molecule has 0 unspecified atom stereocenters. The van der Waals surface area contributed by atoms with Crippen molar-refractivity contribution >= 4 is 28.4 Å². The Bertz CT molecular complexity index is 1510. The van der Waals surface area contributed by atoms with Gasteiger partial charge < -0.3 is 9.47 Å². The molecule has 34 heavy (non-hydrogen) atoms. The van der Waals surface area contributed by atoms with Gasteiger partial charge in [-0.2, -0.15) is 0 Å². The topological polar surface area (TPSA) is 70.7 Å². The van der Waals surface area contributed by atoms with Crippen molar-refractivity contribution in [3.8, 4) is 17.2 Å². The summed E-state index contributed by atoms with van der Waals surface area (Å²) in [6, 6.07) is 23.1. The summed E-state index contributed by atoms with van der Waals surface area (Å²) in [4.78, 5) is 13.6. The van der Waals surface area contributed by atoms with E-state index in [-0.39, 0.29) is 5.56 Å². The second-order valence-electron chi connectivity index (χ2n) is 7.81. The molecule has 3 aromatic carbocycles. The number of hydrogen-bond acceptors (Lipinski definition) is 6. The highest BCUT2D eigenvalue weighted by molar-refractivity contribution is 7.99. The predicted molar refractivity (Wildman–Crippen MR) is 135 cm³/mol. The predicted octanol–water partition coefficient (Wildman–Crippen LogP) is 4.91. The molecular formula is C26H24N4O3S. The zero-order valence-corrected chi connectivity index (χ0v) is 19.8. The van der Waals surface area contributed by atoms with Crippen LogP contribution in [0.15, 0.2) is 82.7 Å². The first kappa shape index (κ1) is 22.0. The van der Waals surface area contributed by atoms with E-state index in [0.717, 1.165) is 34.2 Å². The van der Waals surface area contributed by atoms with Gasteiger partial charge in [-0.05, 0) is 55.3 Å². The standard InChI is InChI=1S/C26H24N4O3S/c1-18-13-14-23(32-2)22(17-18)29-24(31)20-11-6-7-12-21(20)30-25(29)27-28-26(30)34-16-8-15-33-19-9-4-3-5-10-19/h3-7,9-14,17H,8,15-16H2,1-2H3. The zero-order valence-electron chi connectivity index (χ0n) is 19.0. The summed E-state index contributed by atoms with van der Waals surface area (Å²) in [6.07, 6.45) is 0.845. The smallest absolute Gasteiger partial charge is 0.267 e. The van der Waals surface area contributed by atoms with Crippen LogP contribution in [-0.2, 0) is 0 Å². The molecule has 0 N–H and O–H groups in total. The largest absolute Gasteiger partial charge is 0.495 e. The van der Waals surface area contributed by atoms with E-state index in [0.29, 0.717) is 29.2 Å². The fourth-order valence-electron chi connectivity index (χ4n) is 3.89. The van der Waals surface area contributed by atoms with Gasteiger partial charge in [0.25, 0.3) is 5.56 Å². The lowest BCUT2D eigenvalue weighted by Gasteiger charge is -2.14. The Morgan fingerprint density at radius 3 is 2.59 bits per heavy atom. The van der Waals surface area contributed by atoms with Gasteiger partial charge in [-0.15, -0.1) is 10.2 Å². The minimum atomic E-state index is -0.160. The highest BCUT2D eigenvalue weighted by Crippen LogP contribution is 2.28. The zero-order chi connectivity index (χ0) is 23.5. The number of hydrogen-bond donors (Lipinski definition) is 0. The van der Waals surface area contributed by atoms with Crippen molar-refractivity contribution in [3.63, 3.8) is 0 Å². The molecule has 0 amide bonds. The van der Waals surface area contributed by atoms with Crippen LogP contribution in [0.1, 0.15) is 12.0 Å². The highest BCUT2D eigenvalue weighted by Gasteiger charge is 2.20. The van der Waals surface area contributed by atoms with E-state index in [1.807, 2.05) is 84.1 Å². The number of thioether (sulfide) groups is 1. The third kappa shape index (κ3) is 4.12. The van der Waals surface area contributed by atoms with Crippen LogP contribution in [0.25, 0.3) is 22.4 Å². The molecule has 7 nitrogen and oxygen atoms in total. The number of ether oxygens (including phenoxy) is 2. The molecule has 5 rings (SSSR count). The normalized spacial score (nSPS) is 11.2. The lowest BCUT2D eigenvalue weighted by molar-refractivity contribution is 0.318. The maximum absolute atomic E-state index is 13.6. The van der Waals surface area contributed by atoms with Crippen LogP contribution in [0.3, 0.4) is 0 Å². The average molecular weight is 473 g/mol. The van der Waals surface area contributed by atoms with Crippen LogP contribution in [-0.4, -0.2) is 38.6 Å². The Labute approximate surface area is 201 Å². The first-order chi connectivity index (χ1) is 16.7. The summed E-state index contributed by atoms with van der Waals surface area (Å²) < 4.78 is 14.9. The van der Waals surface area contributed by atoms with Gasteiger partial charge in [0.2, 0.25) is 5.78 Å². The SMILES string of the molecule is COc1ccc(C)cc1-n1c(=O)c2ccccc2n2c(SCCCOc3ccccc3)nnc12. The molecular weight excluding hydrogens is 448 g/mol. The summed E-state index contributed by atoms with van der Waals surface area (Å²) in [5.41, 5.74) is 2.27. The molecule has 0 spiro atoms. The van der Waals surface area contributed by atoms with E-state index >= 15 is 0 Å². The number of aromatic nitrogens is 4. The van der Waals surface area contributed by atoms with Crippen molar-refractivity contribution in [2.24, 2.45) is 0 Å². The second-order valence-corrected chi connectivity index (χ2v) is 8.88. The average Bonchev–Trinajstić information content (AvgIpc) is 3.28. The minimum Gasteiger partial charge on any atom is -0.495 e. The molecule has 8 heteroatoms. The van der Waals surface area contributed by atoms with Crippen molar-refractivity contribution < 1.29 is 9.47 Å². The number of para-hydroxylation sites is 2. The molecule has 0 saturated heterocycles. The van der Waals surface area contributed by atoms with Crippen molar-refractivity contribution in [1.29, 1.82) is 0 Å². The van der Waals surface area contributed by atoms with Gasteiger partial charge in [0.05, 0.1) is 30.3 Å². The monoisotopic (exact) mass is 472 g/mol. The van der Waals surface area contributed by atoms with E-state index < -0.39 is 0 Å². The second kappa shape index (κ2) is 9.61. The lowest BCUT2D eigenvalue weighted by atomic mass is 10.2. The third-order valence-electron chi connectivity index (χ3n) is 5.50. The van der Waals surface area contributed by atoms with Gasteiger partial charge in [-0.1, -0.05) is 48.2 Å². The van der Waals surface area contributed by atoms with Crippen LogP contribution < -0.4 is 15.0 Å². The van der Waals surface area contributed by atoms with Crippen molar-refractivity contribution in [2.75, 3.05) is 19.5 Å². The third-order valence-corrected chi connectivity index (χ3v) is 6.52. The van der Waals surface area contributed by atoms with Crippen LogP contribution in [0.5, 0.6) is 11.5 Å². The molecule has 0 bridgehead atoms. The van der Waals surface area contributed by atoms with Crippen molar-refractivity contribution in [1.82, 2.24) is 19.2 Å². The number of nitrogens with zero attached hydrogens (tertiary/aromatic N) is 4. The fourth-order valence-corrected chi connectivity index (χ4v) is 4.75. The van der Waals surface area contributed by atoms with Crippen molar-refractivity contribution in [2.45, 2.75) is 18.5 Å². The van der Waals surface area contributed by atoms with Crippen molar-refractivity contribution in [3.05, 3.63) is 88.7 Å². The van der Waals surface area contributed by atoms with Crippen LogP contribution in [0.2, 0.25) is 0 Å². The summed E-state index contributed by atoms with van der Waals surface area (Å²) in [5, 5.41) is 10.2. The van der Waals surface area contributed by atoms with Gasteiger partial charge in [0.1, 0.15) is 11.5 Å². The molecule has 5 aromatic rings. The maximum Gasteiger partial charge on any atom is 0.267 e. The summed E-state index contributed by atoms with van der Waals surface area (Å²) >= 11 is 1.59.